The summed E-state index contributed by atoms with van der Waals surface area (Å²) in [5, 5.41) is 0.557. The van der Waals surface area contributed by atoms with Gasteiger partial charge in [0.2, 0.25) is 5.91 Å². The van der Waals surface area contributed by atoms with E-state index in [-0.39, 0.29) is 11.3 Å². The van der Waals surface area contributed by atoms with Crippen molar-refractivity contribution in [2.75, 3.05) is 33.6 Å². The second-order valence-electron chi connectivity index (χ2n) is 7.97. The lowest BCUT2D eigenvalue weighted by atomic mass is 9.77. The van der Waals surface area contributed by atoms with Gasteiger partial charge in [0.15, 0.2) is 11.5 Å². The van der Waals surface area contributed by atoms with Crippen molar-refractivity contribution in [2.24, 2.45) is 0 Å². The molecule has 2 aromatic carbocycles. The van der Waals surface area contributed by atoms with Crippen molar-refractivity contribution in [1.29, 1.82) is 0 Å². The van der Waals surface area contributed by atoms with Gasteiger partial charge in [-0.05, 0) is 36.6 Å². The fourth-order valence-corrected chi connectivity index (χ4v) is 6.23. The molecule has 2 aliphatic rings. The number of ether oxygens (including phenoxy) is 3. The third-order valence-corrected chi connectivity index (χ3v) is 7.91. The molecule has 0 bridgehead atoms. The molecule has 31 heavy (non-hydrogen) atoms. The van der Waals surface area contributed by atoms with Crippen LogP contribution in [0.3, 0.4) is 0 Å². The summed E-state index contributed by atoms with van der Waals surface area (Å²) < 4.78 is 16.6. The number of nitrogens with zero attached hydrogens (tertiary/aromatic N) is 1. The number of carbonyl (C=O) groups is 1. The average Bonchev–Trinajstić information content (AvgIpc) is 3.49. The molecule has 1 aliphatic heterocycles. The Morgan fingerprint density at radius 1 is 1.00 bits per heavy atom. The number of halogens is 1. The van der Waals surface area contributed by atoms with E-state index in [4.69, 9.17) is 25.8 Å². The third-order valence-electron chi connectivity index (χ3n) is 6.42. The monoisotopic (exact) mass is 461 g/mol. The lowest BCUT2D eigenvalue weighted by molar-refractivity contribution is -0.137. The van der Waals surface area contributed by atoms with E-state index in [1.165, 1.54) is 0 Å². The fourth-order valence-electron chi connectivity index (χ4n) is 4.83. The van der Waals surface area contributed by atoms with Crippen molar-refractivity contribution in [3.8, 4) is 17.2 Å². The average molecular weight is 462 g/mol. The van der Waals surface area contributed by atoms with Gasteiger partial charge in [0.25, 0.3) is 0 Å². The molecule has 1 saturated carbocycles. The predicted molar refractivity (Wildman–Crippen MR) is 125 cm³/mol. The Bertz CT molecular complexity index is 943. The Morgan fingerprint density at radius 3 is 2.23 bits per heavy atom. The van der Waals surface area contributed by atoms with Gasteiger partial charge in [-0.3, -0.25) is 4.79 Å². The molecule has 0 radical (unpaired) electrons. The van der Waals surface area contributed by atoms with Crippen LogP contribution in [0.5, 0.6) is 17.2 Å². The Morgan fingerprint density at radius 2 is 1.61 bits per heavy atom. The number of rotatable bonds is 6. The maximum Gasteiger partial charge on any atom is 0.234 e. The molecular weight excluding hydrogens is 434 g/mol. The molecule has 2 fully saturated rings. The van der Waals surface area contributed by atoms with Crippen LogP contribution in [0, 0.1) is 0 Å². The van der Waals surface area contributed by atoms with Crippen LogP contribution in [0.4, 0.5) is 0 Å². The fraction of sp³-hybridized carbons (Fsp3) is 0.458. The zero-order valence-electron chi connectivity index (χ0n) is 18.2. The zero-order valence-corrected chi connectivity index (χ0v) is 19.7. The van der Waals surface area contributed by atoms with E-state index in [9.17, 15) is 4.79 Å². The first kappa shape index (κ1) is 22.2. The lowest BCUT2D eigenvalue weighted by Crippen LogP contribution is -2.45. The highest BCUT2D eigenvalue weighted by Crippen LogP contribution is 2.50. The van der Waals surface area contributed by atoms with Crippen molar-refractivity contribution in [2.45, 2.75) is 36.5 Å². The second kappa shape index (κ2) is 9.21. The molecule has 7 heteroatoms. The molecule has 1 unspecified atom stereocenters. The smallest absolute Gasteiger partial charge is 0.234 e. The molecule has 0 aromatic heterocycles. The predicted octanol–water partition coefficient (Wildman–Crippen LogP) is 5.45. The minimum atomic E-state index is -0.489. The van der Waals surface area contributed by atoms with Crippen LogP contribution in [-0.2, 0) is 10.2 Å². The highest BCUT2D eigenvalue weighted by molar-refractivity contribution is 7.99. The summed E-state index contributed by atoms with van der Waals surface area (Å²) in [5.74, 6) is 3.01. The molecule has 5 nitrogen and oxygen atoms in total. The van der Waals surface area contributed by atoms with E-state index >= 15 is 0 Å². The van der Waals surface area contributed by atoms with Gasteiger partial charge in [-0.25, -0.2) is 0 Å². The van der Waals surface area contributed by atoms with E-state index in [0.717, 1.165) is 42.6 Å². The van der Waals surface area contributed by atoms with Crippen LogP contribution in [0.2, 0.25) is 5.02 Å². The molecule has 1 saturated heterocycles. The number of benzene rings is 2. The third kappa shape index (κ3) is 3.96. The van der Waals surface area contributed by atoms with Gasteiger partial charge in [-0.15, -0.1) is 11.8 Å². The molecule has 0 spiro atoms. The maximum atomic E-state index is 14.1. The van der Waals surface area contributed by atoms with Crippen molar-refractivity contribution >= 4 is 29.3 Å². The Balaban J connectivity index is 1.73. The summed E-state index contributed by atoms with van der Waals surface area (Å²) in [6, 6.07) is 11.6. The molecule has 2 aromatic rings. The summed E-state index contributed by atoms with van der Waals surface area (Å²) in [6.45, 7) is 0.709. The first-order chi connectivity index (χ1) is 15.0. The molecule has 1 heterocycles. The Kier molecular flexibility index (Phi) is 6.58. The van der Waals surface area contributed by atoms with Crippen LogP contribution in [0.25, 0.3) is 0 Å². The molecule has 1 atom stereocenters. The highest BCUT2D eigenvalue weighted by Gasteiger charge is 2.48. The number of hydrogen-bond acceptors (Lipinski definition) is 5. The number of carbonyl (C=O) groups excluding carboxylic acids is 1. The van der Waals surface area contributed by atoms with Gasteiger partial charge in [-0.2, -0.15) is 0 Å². The van der Waals surface area contributed by atoms with E-state index < -0.39 is 5.41 Å². The Hall–Kier alpha value is -2.05. The SMILES string of the molecule is COc1cc(OC)c(C2SCCN2C(=O)C2(c3ccc(Cl)cc3)CCCC2)cc1OC. The van der Waals surface area contributed by atoms with Crippen LogP contribution in [0.15, 0.2) is 36.4 Å². The van der Waals surface area contributed by atoms with Crippen molar-refractivity contribution in [3.05, 3.63) is 52.5 Å². The summed E-state index contributed by atoms with van der Waals surface area (Å²) in [4.78, 5) is 16.1. The maximum absolute atomic E-state index is 14.1. The molecule has 1 amide bonds. The van der Waals surface area contributed by atoms with E-state index in [1.807, 2.05) is 41.3 Å². The summed E-state index contributed by atoms with van der Waals surface area (Å²) in [6.07, 6.45) is 3.84. The van der Waals surface area contributed by atoms with Crippen molar-refractivity contribution in [1.82, 2.24) is 4.90 Å². The van der Waals surface area contributed by atoms with Crippen molar-refractivity contribution < 1.29 is 19.0 Å². The number of amides is 1. The second-order valence-corrected chi connectivity index (χ2v) is 9.59. The molecular formula is C24H28ClNO4S. The van der Waals surface area contributed by atoms with Gasteiger partial charge in [-0.1, -0.05) is 36.6 Å². The molecule has 4 rings (SSSR count). The van der Waals surface area contributed by atoms with Crippen LogP contribution >= 0.6 is 23.4 Å². The number of hydrogen-bond donors (Lipinski definition) is 0. The summed E-state index contributed by atoms with van der Waals surface area (Å²) >= 11 is 7.88. The highest BCUT2D eigenvalue weighted by atomic mass is 35.5. The largest absolute Gasteiger partial charge is 0.496 e. The van der Waals surface area contributed by atoms with Gasteiger partial charge < -0.3 is 19.1 Å². The lowest BCUT2D eigenvalue weighted by Gasteiger charge is -2.36. The van der Waals surface area contributed by atoms with E-state index in [0.29, 0.717) is 28.8 Å². The van der Waals surface area contributed by atoms with E-state index in [1.54, 1.807) is 33.1 Å². The van der Waals surface area contributed by atoms with Gasteiger partial charge in [0.05, 0.1) is 26.7 Å². The first-order valence-electron chi connectivity index (χ1n) is 10.5. The first-order valence-corrected chi connectivity index (χ1v) is 12.0. The van der Waals surface area contributed by atoms with Gasteiger partial charge in [0, 0.05) is 29.0 Å². The van der Waals surface area contributed by atoms with Crippen molar-refractivity contribution in [3.63, 3.8) is 0 Å². The standard InChI is InChI=1S/C24H28ClNO4S/c1-28-19-15-21(30-3)20(29-2)14-18(19)22-26(12-13-31-22)23(27)24(10-4-5-11-24)16-6-8-17(25)9-7-16/h6-9,14-15,22H,4-5,10-13H2,1-3H3. The Labute approximate surface area is 193 Å². The molecule has 1 aliphatic carbocycles. The van der Waals surface area contributed by atoms with Gasteiger partial charge >= 0.3 is 0 Å². The summed E-state index contributed by atoms with van der Waals surface area (Å²) in [7, 11) is 4.86. The minimum absolute atomic E-state index is 0.132. The normalized spacial score (nSPS) is 20.0. The summed E-state index contributed by atoms with van der Waals surface area (Å²) in [5.41, 5.74) is 1.51. The number of methoxy groups -OCH3 is 3. The molecule has 0 N–H and O–H groups in total. The zero-order chi connectivity index (χ0) is 22.0. The quantitative estimate of drug-likeness (QED) is 0.572. The van der Waals surface area contributed by atoms with Crippen LogP contribution in [0.1, 0.15) is 42.2 Å². The van der Waals surface area contributed by atoms with Gasteiger partial charge in [0.1, 0.15) is 11.1 Å². The van der Waals surface area contributed by atoms with Crippen LogP contribution < -0.4 is 14.2 Å². The van der Waals surface area contributed by atoms with Crippen LogP contribution in [-0.4, -0.2) is 44.4 Å². The minimum Gasteiger partial charge on any atom is -0.496 e. The topological polar surface area (TPSA) is 48.0 Å². The van der Waals surface area contributed by atoms with E-state index in [2.05, 4.69) is 0 Å². The number of thioether (sulfide) groups is 1. The molecule has 166 valence electrons.